The van der Waals surface area contributed by atoms with Gasteiger partial charge in [-0.2, -0.15) is 0 Å². The van der Waals surface area contributed by atoms with Gasteiger partial charge < -0.3 is 5.32 Å². The van der Waals surface area contributed by atoms with Crippen molar-refractivity contribution >= 4 is 84.9 Å². The largest absolute Gasteiger partial charge is 0.325 e. The molecule has 0 spiro atoms. The molecule has 1 heterocycles. The number of thioether (sulfide) groups is 1. The van der Waals surface area contributed by atoms with Crippen molar-refractivity contribution < 1.29 is 9.59 Å². The summed E-state index contributed by atoms with van der Waals surface area (Å²) in [4.78, 5) is 24.2. The quantitative estimate of drug-likeness (QED) is 0.329. The molecule has 0 aliphatic heterocycles. The number of nitrogens with zero attached hydrogens (tertiary/aromatic N) is 2. The Morgan fingerprint density at radius 1 is 1.04 bits per heavy atom. The summed E-state index contributed by atoms with van der Waals surface area (Å²) in [7, 11) is 0. The SMILES string of the molecule is O=C(CSc1nnc(NC(=O)c2ccc(Br)cc2)s1)Nc1ccc(Cl)c(Cl)c1. The summed E-state index contributed by atoms with van der Waals surface area (Å²) in [6.45, 7) is 0. The average molecular weight is 518 g/mol. The Balaban J connectivity index is 1.51. The van der Waals surface area contributed by atoms with Crippen molar-refractivity contribution in [2.45, 2.75) is 4.34 Å². The molecule has 0 fully saturated rings. The fourth-order valence-corrected chi connectivity index (χ4v) is 4.10. The predicted octanol–water partition coefficient (Wildman–Crippen LogP) is 5.59. The number of nitrogens with one attached hydrogen (secondary N) is 2. The summed E-state index contributed by atoms with van der Waals surface area (Å²) in [5.74, 6) is -0.369. The number of carbonyl (C=O) groups excluding carboxylic acids is 2. The maximum Gasteiger partial charge on any atom is 0.257 e. The van der Waals surface area contributed by atoms with E-state index in [0.29, 0.717) is 30.8 Å². The lowest BCUT2D eigenvalue weighted by Crippen LogP contribution is -2.13. The van der Waals surface area contributed by atoms with Crippen LogP contribution in [0, 0.1) is 0 Å². The van der Waals surface area contributed by atoms with Crippen LogP contribution < -0.4 is 10.6 Å². The molecule has 3 rings (SSSR count). The van der Waals surface area contributed by atoms with Gasteiger partial charge in [0, 0.05) is 15.7 Å². The highest BCUT2D eigenvalue weighted by Crippen LogP contribution is 2.27. The lowest BCUT2D eigenvalue weighted by Gasteiger charge is -2.05. The van der Waals surface area contributed by atoms with Gasteiger partial charge in [0.2, 0.25) is 11.0 Å². The number of amides is 2. The number of rotatable bonds is 6. The number of benzene rings is 2. The summed E-state index contributed by atoms with van der Waals surface area (Å²) in [5.41, 5.74) is 1.06. The van der Waals surface area contributed by atoms with Crippen LogP contribution in [0.25, 0.3) is 0 Å². The van der Waals surface area contributed by atoms with Crippen molar-refractivity contribution in [2.24, 2.45) is 0 Å². The normalized spacial score (nSPS) is 10.5. The molecule has 0 saturated heterocycles. The number of aromatic nitrogens is 2. The number of halogens is 3. The van der Waals surface area contributed by atoms with E-state index >= 15 is 0 Å². The Morgan fingerprint density at radius 3 is 2.50 bits per heavy atom. The van der Waals surface area contributed by atoms with Gasteiger partial charge in [0.15, 0.2) is 4.34 Å². The third kappa shape index (κ3) is 5.92. The summed E-state index contributed by atoms with van der Waals surface area (Å²) in [6, 6.07) is 11.8. The highest BCUT2D eigenvalue weighted by Gasteiger charge is 2.12. The van der Waals surface area contributed by atoms with E-state index in [1.165, 1.54) is 23.1 Å². The maximum absolute atomic E-state index is 12.2. The van der Waals surface area contributed by atoms with Crippen LogP contribution in [-0.2, 0) is 4.79 Å². The maximum atomic E-state index is 12.2. The fourth-order valence-electron chi connectivity index (χ4n) is 1.99. The summed E-state index contributed by atoms with van der Waals surface area (Å²) in [6.07, 6.45) is 0. The molecule has 2 N–H and O–H groups in total. The average Bonchev–Trinajstić information content (AvgIpc) is 3.11. The van der Waals surface area contributed by atoms with Crippen molar-refractivity contribution in [1.82, 2.24) is 10.2 Å². The first-order valence-electron chi connectivity index (χ1n) is 7.69. The molecule has 2 amide bonds. The fraction of sp³-hybridized carbons (Fsp3) is 0.0588. The molecule has 1 aromatic heterocycles. The molecule has 3 aromatic rings. The Hall–Kier alpha value is -1.65. The van der Waals surface area contributed by atoms with Crippen LogP contribution >= 0.6 is 62.2 Å². The Labute approximate surface area is 187 Å². The summed E-state index contributed by atoms with van der Waals surface area (Å²) in [5, 5.41) is 14.5. The molecule has 0 bridgehead atoms. The third-order valence-electron chi connectivity index (χ3n) is 3.26. The Bertz CT molecular complexity index is 1010. The smallest absolute Gasteiger partial charge is 0.257 e. The van der Waals surface area contributed by atoms with Crippen molar-refractivity contribution in [3.63, 3.8) is 0 Å². The minimum absolute atomic E-state index is 0.134. The van der Waals surface area contributed by atoms with E-state index < -0.39 is 0 Å². The van der Waals surface area contributed by atoms with Crippen LogP contribution in [-0.4, -0.2) is 27.8 Å². The van der Waals surface area contributed by atoms with E-state index in [0.717, 1.165) is 4.47 Å². The van der Waals surface area contributed by atoms with Crippen molar-refractivity contribution in [3.8, 4) is 0 Å². The topological polar surface area (TPSA) is 84.0 Å². The van der Waals surface area contributed by atoms with Gasteiger partial charge in [-0.1, -0.05) is 62.2 Å². The van der Waals surface area contributed by atoms with Crippen molar-refractivity contribution in [2.75, 3.05) is 16.4 Å². The van der Waals surface area contributed by atoms with Gasteiger partial charge in [0.05, 0.1) is 15.8 Å². The van der Waals surface area contributed by atoms with Crippen molar-refractivity contribution in [1.29, 1.82) is 0 Å². The van der Waals surface area contributed by atoms with Crippen molar-refractivity contribution in [3.05, 3.63) is 62.5 Å². The summed E-state index contributed by atoms with van der Waals surface area (Å²) < 4.78 is 1.45. The second kappa shape index (κ2) is 9.71. The molecule has 0 saturated carbocycles. The van der Waals surface area contributed by atoms with Crippen LogP contribution in [0.3, 0.4) is 0 Å². The van der Waals surface area contributed by atoms with Crippen LogP contribution in [0.5, 0.6) is 0 Å². The van der Waals surface area contributed by atoms with E-state index in [1.807, 2.05) is 0 Å². The lowest BCUT2D eigenvalue weighted by molar-refractivity contribution is -0.113. The number of hydrogen-bond acceptors (Lipinski definition) is 6. The highest BCUT2D eigenvalue weighted by atomic mass is 79.9. The number of anilines is 2. The first-order chi connectivity index (χ1) is 13.4. The minimum Gasteiger partial charge on any atom is -0.325 e. The van der Waals surface area contributed by atoms with Gasteiger partial charge >= 0.3 is 0 Å². The van der Waals surface area contributed by atoms with Gasteiger partial charge in [-0.15, -0.1) is 10.2 Å². The van der Waals surface area contributed by atoms with E-state index in [-0.39, 0.29) is 17.6 Å². The lowest BCUT2D eigenvalue weighted by atomic mass is 10.2. The summed E-state index contributed by atoms with van der Waals surface area (Å²) >= 11 is 17.5. The molecule has 0 unspecified atom stereocenters. The van der Waals surface area contributed by atoms with E-state index in [9.17, 15) is 9.59 Å². The Kier molecular flexibility index (Phi) is 7.30. The van der Waals surface area contributed by atoms with E-state index in [2.05, 4.69) is 36.8 Å². The van der Waals surface area contributed by atoms with Crippen LogP contribution in [0.4, 0.5) is 10.8 Å². The molecule has 0 aliphatic rings. The number of carbonyl (C=O) groups is 2. The highest BCUT2D eigenvalue weighted by molar-refractivity contribution is 9.10. The molecule has 144 valence electrons. The van der Waals surface area contributed by atoms with E-state index in [1.54, 1.807) is 42.5 Å². The molecular formula is C17H11BrCl2N4O2S2. The minimum atomic E-state index is -0.280. The van der Waals surface area contributed by atoms with E-state index in [4.69, 9.17) is 23.2 Å². The molecule has 0 aliphatic carbocycles. The molecule has 11 heteroatoms. The molecule has 0 atom stereocenters. The molecule has 6 nitrogen and oxygen atoms in total. The van der Waals surface area contributed by atoms with Crippen LogP contribution in [0.15, 0.2) is 51.3 Å². The standard InChI is InChI=1S/C17H11BrCl2N4O2S2/c18-10-3-1-9(2-4-10)15(26)22-16-23-24-17(28-16)27-8-14(25)21-11-5-6-12(19)13(20)7-11/h1-7H,8H2,(H,21,25)(H,22,23,26). The van der Waals surface area contributed by atoms with Gasteiger partial charge in [0.1, 0.15) is 0 Å². The Morgan fingerprint density at radius 2 is 1.79 bits per heavy atom. The zero-order valence-corrected chi connectivity index (χ0v) is 18.6. The van der Waals surface area contributed by atoms with Gasteiger partial charge in [0.25, 0.3) is 5.91 Å². The second-order valence-electron chi connectivity index (χ2n) is 5.30. The molecule has 2 aromatic carbocycles. The zero-order valence-electron chi connectivity index (χ0n) is 13.9. The third-order valence-corrected chi connectivity index (χ3v) is 6.50. The monoisotopic (exact) mass is 516 g/mol. The first-order valence-corrected chi connectivity index (χ1v) is 11.0. The zero-order chi connectivity index (χ0) is 20.1. The predicted molar refractivity (Wildman–Crippen MR) is 118 cm³/mol. The van der Waals surface area contributed by atoms with Crippen LogP contribution in [0.1, 0.15) is 10.4 Å². The molecule has 28 heavy (non-hydrogen) atoms. The second-order valence-corrected chi connectivity index (χ2v) is 9.23. The van der Waals surface area contributed by atoms with Crippen LogP contribution in [0.2, 0.25) is 10.0 Å². The van der Waals surface area contributed by atoms with Gasteiger partial charge in [-0.05, 0) is 42.5 Å². The first kappa shape index (κ1) is 21.1. The molecule has 0 radical (unpaired) electrons. The van der Waals surface area contributed by atoms with Gasteiger partial charge in [-0.3, -0.25) is 14.9 Å². The number of hydrogen-bond donors (Lipinski definition) is 2. The van der Waals surface area contributed by atoms with Gasteiger partial charge in [-0.25, -0.2) is 0 Å². The molecular weight excluding hydrogens is 507 g/mol.